The molecule has 2 rings (SSSR count). The summed E-state index contributed by atoms with van der Waals surface area (Å²) in [6, 6.07) is 7.49. The van der Waals surface area contributed by atoms with Gasteiger partial charge in [0.05, 0.1) is 5.69 Å². The maximum Gasteiger partial charge on any atom is 0.0510 e. The highest BCUT2D eigenvalue weighted by molar-refractivity contribution is 9.10. The summed E-state index contributed by atoms with van der Waals surface area (Å²) in [4.78, 5) is 4.83. The smallest absolute Gasteiger partial charge is 0.0510 e. The van der Waals surface area contributed by atoms with Crippen LogP contribution in [0.1, 0.15) is 25.3 Å². The van der Waals surface area contributed by atoms with Crippen LogP contribution < -0.4 is 10.6 Å². The van der Waals surface area contributed by atoms with Crippen LogP contribution in [0.15, 0.2) is 22.7 Å². The molecule has 1 aromatic carbocycles. The van der Waals surface area contributed by atoms with Crippen LogP contribution >= 0.6 is 15.9 Å². The van der Waals surface area contributed by atoms with E-state index in [0.717, 1.165) is 6.42 Å². The van der Waals surface area contributed by atoms with E-state index >= 15 is 0 Å². The van der Waals surface area contributed by atoms with E-state index in [2.05, 4.69) is 58.0 Å². The lowest BCUT2D eigenvalue weighted by Crippen LogP contribution is -2.42. The van der Waals surface area contributed by atoms with Crippen molar-refractivity contribution in [2.75, 3.05) is 32.1 Å². The van der Waals surface area contributed by atoms with E-state index in [1.165, 1.54) is 41.7 Å². The van der Waals surface area contributed by atoms with Crippen molar-refractivity contribution in [1.82, 2.24) is 4.90 Å². The van der Waals surface area contributed by atoms with Crippen LogP contribution in [-0.2, 0) is 6.42 Å². The van der Waals surface area contributed by atoms with Gasteiger partial charge in [0.25, 0.3) is 0 Å². The van der Waals surface area contributed by atoms with Gasteiger partial charge in [0, 0.05) is 23.6 Å². The van der Waals surface area contributed by atoms with Gasteiger partial charge in [-0.2, -0.15) is 0 Å². The summed E-state index contributed by atoms with van der Waals surface area (Å²) in [5.41, 5.74) is 8.46. The zero-order valence-electron chi connectivity index (χ0n) is 12.8. The van der Waals surface area contributed by atoms with Gasteiger partial charge in [-0.25, -0.2) is 0 Å². The van der Waals surface area contributed by atoms with Crippen molar-refractivity contribution in [2.24, 2.45) is 5.73 Å². The Morgan fingerprint density at radius 3 is 2.60 bits per heavy atom. The number of nitrogens with two attached hydrogens (primary N) is 1. The first kappa shape index (κ1) is 15.8. The predicted molar refractivity (Wildman–Crippen MR) is 90.4 cm³/mol. The van der Waals surface area contributed by atoms with Crippen molar-refractivity contribution < 1.29 is 0 Å². The number of piperidine rings is 1. The molecule has 20 heavy (non-hydrogen) atoms. The number of hydrogen-bond donors (Lipinski definition) is 1. The minimum atomic E-state index is 0.208. The van der Waals surface area contributed by atoms with Crippen LogP contribution in [0, 0.1) is 0 Å². The lowest BCUT2D eigenvalue weighted by Gasteiger charge is -2.37. The van der Waals surface area contributed by atoms with E-state index in [-0.39, 0.29) is 6.04 Å². The highest BCUT2D eigenvalue weighted by Gasteiger charge is 2.22. The average molecular weight is 340 g/mol. The highest BCUT2D eigenvalue weighted by Crippen LogP contribution is 2.30. The van der Waals surface area contributed by atoms with Crippen LogP contribution in [0.25, 0.3) is 0 Å². The molecule has 112 valence electrons. The molecule has 1 fully saturated rings. The third-order valence-corrected chi connectivity index (χ3v) is 4.82. The van der Waals surface area contributed by atoms with Gasteiger partial charge in [0.1, 0.15) is 0 Å². The second-order valence-electron chi connectivity index (χ2n) is 6.11. The standard InChI is InChI=1S/C16H26BrN3/c1-12(18)10-13-4-5-16(15(17)11-13)20(3)14-6-8-19(2)9-7-14/h4-5,11-12,14H,6-10,18H2,1-3H3. The summed E-state index contributed by atoms with van der Waals surface area (Å²) in [6.07, 6.45) is 3.40. The van der Waals surface area contributed by atoms with Crippen LogP contribution in [0.3, 0.4) is 0 Å². The molecular formula is C16H26BrN3. The van der Waals surface area contributed by atoms with Gasteiger partial charge in [-0.15, -0.1) is 0 Å². The summed E-state index contributed by atoms with van der Waals surface area (Å²) in [5.74, 6) is 0. The lowest BCUT2D eigenvalue weighted by molar-refractivity contribution is 0.253. The maximum atomic E-state index is 5.87. The topological polar surface area (TPSA) is 32.5 Å². The van der Waals surface area contributed by atoms with Gasteiger partial charge >= 0.3 is 0 Å². The largest absolute Gasteiger partial charge is 0.371 e. The summed E-state index contributed by atoms with van der Waals surface area (Å²) in [5, 5.41) is 0. The van der Waals surface area contributed by atoms with E-state index < -0.39 is 0 Å². The fourth-order valence-corrected chi connectivity index (χ4v) is 3.62. The first-order chi connectivity index (χ1) is 9.47. The molecule has 1 unspecified atom stereocenters. The molecule has 1 aliphatic rings. The Morgan fingerprint density at radius 1 is 1.40 bits per heavy atom. The van der Waals surface area contributed by atoms with Gasteiger partial charge < -0.3 is 15.5 Å². The predicted octanol–water partition coefficient (Wildman–Crippen LogP) is 2.87. The summed E-state index contributed by atoms with van der Waals surface area (Å²) in [7, 11) is 4.41. The number of anilines is 1. The summed E-state index contributed by atoms with van der Waals surface area (Å²) in [6.45, 7) is 4.43. The first-order valence-electron chi connectivity index (χ1n) is 7.42. The minimum Gasteiger partial charge on any atom is -0.371 e. The van der Waals surface area contributed by atoms with Gasteiger partial charge in [-0.1, -0.05) is 6.07 Å². The molecular weight excluding hydrogens is 314 g/mol. The van der Waals surface area contributed by atoms with Crippen molar-refractivity contribution in [3.63, 3.8) is 0 Å². The third-order valence-electron chi connectivity index (χ3n) is 4.19. The number of hydrogen-bond acceptors (Lipinski definition) is 3. The van der Waals surface area contributed by atoms with Crippen molar-refractivity contribution in [3.8, 4) is 0 Å². The second-order valence-corrected chi connectivity index (χ2v) is 6.97. The number of halogens is 1. The molecule has 0 spiro atoms. The third kappa shape index (κ3) is 3.96. The van der Waals surface area contributed by atoms with Crippen molar-refractivity contribution in [3.05, 3.63) is 28.2 Å². The SMILES string of the molecule is CC(N)Cc1ccc(N(C)C2CCN(C)CC2)c(Br)c1. The van der Waals surface area contributed by atoms with Gasteiger partial charge in [0.2, 0.25) is 0 Å². The molecule has 0 saturated carbocycles. The molecule has 0 radical (unpaired) electrons. The molecule has 1 aromatic rings. The average Bonchev–Trinajstić information content (AvgIpc) is 2.38. The highest BCUT2D eigenvalue weighted by atomic mass is 79.9. The number of benzene rings is 1. The Kier molecular flexibility index (Phi) is 5.47. The zero-order valence-corrected chi connectivity index (χ0v) is 14.4. The monoisotopic (exact) mass is 339 g/mol. The lowest BCUT2D eigenvalue weighted by atomic mass is 10.0. The number of nitrogens with zero attached hydrogens (tertiary/aromatic N) is 2. The number of likely N-dealkylation sites (tertiary alicyclic amines) is 1. The minimum absolute atomic E-state index is 0.208. The summed E-state index contributed by atoms with van der Waals surface area (Å²) >= 11 is 3.72. The van der Waals surface area contributed by atoms with Gasteiger partial charge in [0.15, 0.2) is 0 Å². The molecule has 0 aromatic heterocycles. The molecule has 4 heteroatoms. The van der Waals surface area contributed by atoms with Crippen molar-refractivity contribution in [1.29, 1.82) is 0 Å². The quantitative estimate of drug-likeness (QED) is 0.915. The van der Waals surface area contributed by atoms with Crippen LogP contribution in [0.5, 0.6) is 0 Å². The van der Waals surface area contributed by atoms with E-state index in [1.54, 1.807) is 0 Å². The first-order valence-corrected chi connectivity index (χ1v) is 8.22. The van der Waals surface area contributed by atoms with Crippen LogP contribution in [0.4, 0.5) is 5.69 Å². The molecule has 1 heterocycles. The molecule has 0 bridgehead atoms. The molecule has 2 N–H and O–H groups in total. The Balaban J connectivity index is 2.08. The molecule has 1 aliphatic heterocycles. The van der Waals surface area contributed by atoms with E-state index in [1.807, 2.05) is 6.92 Å². The zero-order chi connectivity index (χ0) is 14.7. The Bertz CT molecular complexity index is 439. The van der Waals surface area contributed by atoms with Gasteiger partial charge in [-0.3, -0.25) is 0 Å². The summed E-state index contributed by atoms with van der Waals surface area (Å²) < 4.78 is 1.18. The molecule has 0 aliphatic carbocycles. The number of rotatable bonds is 4. The maximum absolute atomic E-state index is 5.87. The van der Waals surface area contributed by atoms with E-state index in [9.17, 15) is 0 Å². The molecule has 0 amide bonds. The van der Waals surface area contributed by atoms with Crippen molar-refractivity contribution in [2.45, 2.75) is 38.3 Å². The fraction of sp³-hybridized carbons (Fsp3) is 0.625. The normalized spacial score (nSPS) is 19.1. The second kappa shape index (κ2) is 6.92. The van der Waals surface area contributed by atoms with Crippen molar-refractivity contribution >= 4 is 21.6 Å². The molecule has 3 nitrogen and oxygen atoms in total. The molecule has 1 saturated heterocycles. The van der Waals surface area contributed by atoms with Gasteiger partial charge in [-0.05, 0) is 79.9 Å². The fourth-order valence-electron chi connectivity index (χ4n) is 2.91. The van der Waals surface area contributed by atoms with Crippen LogP contribution in [0.2, 0.25) is 0 Å². The Hall–Kier alpha value is -0.580. The van der Waals surface area contributed by atoms with E-state index in [4.69, 9.17) is 5.73 Å². The molecule has 1 atom stereocenters. The van der Waals surface area contributed by atoms with E-state index in [0.29, 0.717) is 6.04 Å². The van der Waals surface area contributed by atoms with Crippen LogP contribution in [-0.4, -0.2) is 44.2 Å². The Labute approximate surface area is 131 Å². The Morgan fingerprint density at radius 2 is 2.05 bits per heavy atom.